The number of hydrogen-bond donors (Lipinski definition) is 4. The highest BCUT2D eigenvalue weighted by molar-refractivity contribution is 7.92. The van der Waals surface area contributed by atoms with Crippen LogP contribution in [0, 0.1) is 20.8 Å². The normalized spacial score (nSPS) is 11.3. The number of amides is 1. The van der Waals surface area contributed by atoms with Crippen molar-refractivity contribution in [2.75, 3.05) is 10.0 Å². The average Bonchev–Trinajstić information content (AvgIpc) is 3.26. The smallest absolute Gasteiger partial charge is 0.273 e. The van der Waals surface area contributed by atoms with Crippen LogP contribution in [0.25, 0.3) is 11.3 Å². The molecule has 0 spiro atoms. The highest BCUT2D eigenvalue weighted by atomic mass is 32.2. The molecule has 0 unspecified atom stereocenters. The molecule has 0 saturated carbocycles. The van der Waals surface area contributed by atoms with Crippen molar-refractivity contribution < 1.29 is 18.3 Å². The maximum absolute atomic E-state index is 12.6. The van der Waals surface area contributed by atoms with Crippen LogP contribution in [0.4, 0.5) is 11.6 Å². The number of carbonyl (C=O) groups excluding carboxylic acids is 1. The SMILES string of the molecule is Cc1ccnc(NS(=O)(=O)c2ccc(NC(=O)c3cc(-c4cc(C)c(C)cc4O)n[nH]3)cc2)n1. The summed E-state index contributed by atoms with van der Waals surface area (Å²) in [4.78, 5) is 20.5. The Bertz CT molecular complexity index is 1480. The number of aromatic nitrogens is 4. The van der Waals surface area contributed by atoms with E-state index >= 15 is 0 Å². The monoisotopic (exact) mass is 478 g/mol. The summed E-state index contributed by atoms with van der Waals surface area (Å²) in [5.41, 5.74) is 4.07. The summed E-state index contributed by atoms with van der Waals surface area (Å²) in [5, 5.41) is 19.7. The molecule has 34 heavy (non-hydrogen) atoms. The second kappa shape index (κ2) is 8.94. The molecule has 174 valence electrons. The first-order valence-corrected chi connectivity index (χ1v) is 11.7. The Labute approximate surface area is 196 Å². The van der Waals surface area contributed by atoms with Gasteiger partial charge < -0.3 is 10.4 Å². The first kappa shape index (κ1) is 22.9. The maximum Gasteiger partial charge on any atom is 0.273 e. The van der Waals surface area contributed by atoms with E-state index in [-0.39, 0.29) is 22.3 Å². The van der Waals surface area contributed by atoms with Gasteiger partial charge in [0.1, 0.15) is 11.4 Å². The molecule has 4 aromatic rings. The van der Waals surface area contributed by atoms with Crippen LogP contribution in [0.5, 0.6) is 5.75 Å². The Kier molecular flexibility index (Phi) is 6.03. The third-order valence-corrected chi connectivity index (χ3v) is 6.50. The molecule has 0 aliphatic rings. The van der Waals surface area contributed by atoms with Crippen molar-refractivity contribution >= 4 is 27.6 Å². The molecule has 0 saturated heterocycles. The summed E-state index contributed by atoms with van der Waals surface area (Å²) < 4.78 is 27.5. The summed E-state index contributed by atoms with van der Waals surface area (Å²) in [7, 11) is -3.89. The minimum atomic E-state index is -3.89. The summed E-state index contributed by atoms with van der Waals surface area (Å²) >= 11 is 0. The van der Waals surface area contributed by atoms with Gasteiger partial charge in [-0.1, -0.05) is 0 Å². The number of carbonyl (C=O) groups is 1. The molecular formula is C23H22N6O4S. The number of nitrogens with zero attached hydrogens (tertiary/aromatic N) is 3. The molecule has 2 aromatic carbocycles. The zero-order valence-corrected chi connectivity index (χ0v) is 19.4. The number of phenolic OH excluding ortho intramolecular Hbond substituents is 1. The Morgan fingerprint density at radius 2 is 1.71 bits per heavy atom. The van der Waals surface area contributed by atoms with Crippen LogP contribution in [0.2, 0.25) is 0 Å². The lowest BCUT2D eigenvalue weighted by molar-refractivity contribution is 0.102. The molecule has 4 N–H and O–H groups in total. The zero-order chi connectivity index (χ0) is 24.5. The fraction of sp³-hybridized carbons (Fsp3) is 0.130. The van der Waals surface area contributed by atoms with Crippen molar-refractivity contribution in [3.63, 3.8) is 0 Å². The van der Waals surface area contributed by atoms with E-state index in [0.717, 1.165) is 11.1 Å². The molecule has 0 atom stereocenters. The minimum Gasteiger partial charge on any atom is -0.507 e. The first-order valence-electron chi connectivity index (χ1n) is 10.2. The Balaban J connectivity index is 1.47. The van der Waals surface area contributed by atoms with Gasteiger partial charge in [-0.15, -0.1) is 0 Å². The highest BCUT2D eigenvalue weighted by Crippen LogP contribution is 2.31. The second-order valence-electron chi connectivity index (χ2n) is 7.73. The molecular weight excluding hydrogens is 456 g/mol. The number of nitrogens with one attached hydrogen (secondary N) is 3. The molecule has 10 nitrogen and oxygen atoms in total. The predicted octanol–water partition coefficient (Wildman–Crippen LogP) is 3.55. The summed E-state index contributed by atoms with van der Waals surface area (Å²) in [6.07, 6.45) is 1.46. The van der Waals surface area contributed by atoms with Crippen molar-refractivity contribution in [1.29, 1.82) is 0 Å². The minimum absolute atomic E-state index is 0.00959. The van der Waals surface area contributed by atoms with E-state index in [2.05, 4.69) is 30.2 Å². The van der Waals surface area contributed by atoms with Gasteiger partial charge in [0.15, 0.2) is 0 Å². The van der Waals surface area contributed by atoms with Gasteiger partial charge in [0.25, 0.3) is 15.9 Å². The number of aryl methyl sites for hydroxylation is 3. The van der Waals surface area contributed by atoms with E-state index in [0.29, 0.717) is 22.6 Å². The van der Waals surface area contributed by atoms with Crippen LogP contribution >= 0.6 is 0 Å². The van der Waals surface area contributed by atoms with E-state index in [1.165, 1.54) is 36.5 Å². The fourth-order valence-corrected chi connectivity index (χ4v) is 4.13. The van der Waals surface area contributed by atoms with Gasteiger partial charge in [0.2, 0.25) is 5.95 Å². The van der Waals surface area contributed by atoms with Crippen LogP contribution in [0.15, 0.2) is 59.6 Å². The van der Waals surface area contributed by atoms with Crippen molar-refractivity contribution in [2.45, 2.75) is 25.7 Å². The van der Waals surface area contributed by atoms with Crippen LogP contribution in [0.1, 0.15) is 27.3 Å². The molecule has 0 aliphatic carbocycles. The maximum atomic E-state index is 12.6. The number of aromatic hydroxyl groups is 1. The van der Waals surface area contributed by atoms with Gasteiger partial charge in [-0.05, 0) is 80.4 Å². The highest BCUT2D eigenvalue weighted by Gasteiger charge is 2.17. The standard InChI is InChI=1S/C23H22N6O4S/c1-13-10-18(21(30)11-14(13)2)19-12-20(28-27-19)22(31)26-16-4-6-17(7-5-16)34(32,33)29-23-24-9-8-15(3)25-23/h4-12,30H,1-3H3,(H,26,31)(H,27,28)(H,24,25,29). The lowest BCUT2D eigenvalue weighted by atomic mass is 10.0. The van der Waals surface area contributed by atoms with E-state index in [9.17, 15) is 18.3 Å². The van der Waals surface area contributed by atoms with E-state index in [1.54, 1.807) is 25.1 Å². The third kappa shape index (κ3) is 4.89. The predicted molar refractivity (Wildman–Crippen MR) is 127 cm³/mol. The quantitative estimate of drug-likeness (QED) is 0.331. The van der Waals surface area contributed by atoms with Gasteiger partial charge in [-0.2, -0.15) is 5.10 Å². The zero-order valence-electron chi connectivity index (χ0n) is 18.6. The third-order valence-electron chi connectivity index (χ3n) is 5.15. The van der Waals surface area contributed by atoms with Gasteiger partial charge in [0, 0.05) is 23.1 Å². The van der Waals surface area contributed by atoms with Gasteiger partial charge in [0.05, 0.1) is 10.6 Å². The van der Waals surface area contributed by atoms with E-state index in [4.69, 9.17) is 0 Å². The number of H-pyrrole nitrogens is 1. The largest absolute Gasteiger partial charge is 0.507 e. The van der Waals surface area contributed by atoms with E-state index in [1.807, 2.05) is 13.8 Å². The molecule has 2 aromatic heterocycles. The number of anilines is 2. The molecule has 1 amide bonds. The van der Waals surface area contributed by atoms with Crippen molar-refractivity contribution in [2.24, 2.45) is 0 Å². The fourth-order valence-electron chi connectivity index (χ4n) is 3.18. The molecule has 2 heterocycles. The lowest BCUT2D eigenvalue weighted by Gasteiger charge is -2.08. The average molecular weight is 479 g/mol. The van der Waals surface area contributed by atoms with Crippen molar-refractivity contribution in [1.82, 2.24) is 20.2 Å². The van der Waals surface area contributed by atoms with Crippen LogP contribution in [-0.4, -0.2) is 39.6 Å². The number of phenols is 1. The summed E-state index contributed by atoms with van der Waals surface area (Å²) in [6, 6.07) is 12.3. The Morgan fingerprint density at radius 1 is 1.00 bits per heavy atom. The van der Waals surface area contributed by atoms with Crippen molar-refractivity contribution in [3.8, 4) is 17.0 Å². The number of hydrogen-bond acceptors (Lipinski definition) is 7. The van der Waals surface area contributed by atoms with Gasteiger partial charge in [-0.3, -0.25) is 9.89 Å². The number of benzene rings is 2. The molecule has 11 heteroatoms. The van der Waals surface area contributed by atoms with Crippen LogP contribution < -0.4 is 10.0 Å². The Hall–Kier alpha value is -4.25. The summed E-state index contributed by atoms with van der Waals surface area (Å²) in [6.45, 7) is 5.54. The number of rotatable bonds is 6. The molecule has 0 aliphatic heterocycles. The lowest BCUT2D eigenvalue weighted by Crippen LogP contribution is -2.16. The number of aromatic amines is 1. The second-order valence-corrected chi connectivity index (χ2v) is 9.41. The Morgan fingerprint density at radius 3 is 2.41 bits per heavy atom. The van der Waals surface area contributed by atoms with Crippen LogP contribution in [0.3, 0.4) is 0 Å². The molecule has 0 radical (unpaired) electrons. The van der Waals surface area contributed by atoms with Crippen LogP contribution in [-0.2, 0) is 10.0 Å². The summed E-state index contributed by atoms with van der Waals surface area (Å²) in [5.74, 6) is -0.422. The van der Waals surface area contributed by atoms with E-state index < -0.39 is 15.9 Å². The molecule has 0 fully saturated rings. The molecule has 0 bridgehead atoms. The first-order chi connectivity index (χ1) is 16.1. The topological polar surface area (TPSA) is 150 Å². The van der Waals surface area contributed by atoms with Gasteiger partial charge >= 0.3 is 0 Å². The molecule has 4 rings (SSSR count). The number of sulfonamides is 1. The van der Waals surface area contributed by atoms with Gasteiger partial charge in [-0.25, -0.2) is 23.1 Å². The van der Waals surface area contributed by atoms with Crippen molar-refractivity contribution in [3.05, 3.63) is 77.2 Å².